The zero-order chi connectivity index (χ0) is 27.2. The van der Waals surface area contributed by atoms with Crippen molar-refractivity contribution in [3.63, 3.8) is 0 Å². The van der Waals surface area contributed by atoms with Gasteiger partial charge in [0.1, 0.15) is 6.10 Å². The molecular weight excluding hydrogens is 504 g/mol. The van der Waals surface area contributed by atoms with Crippen LogP contribution in [0.5, 0.6) is 23.0 Å². The third kappa shape index (κ3) is 5.28. The summed E-state index contributed by atoms with van der Waals surface area (Å²) in [6, 6.07) is 5.24. The number of ether oxygens (including phenoxy) is 5. The monoisotopic (exact) mass is 528 g/mol. The summed E-state index contributed by atoms with van der Waals surface area (Å²) in [7, 11) is 2.90. The van der Waals surface area contributed by atoms with Gasteiger partial charge in [-0.05, 0) is 13.0 Å². The van der Waals surface area contributed by atoms with Crippen LogP contribution in [0.4, 0.5) is 5.69 Å². The molecule has 2 aromatic carbocycles. The average molecular weight is 528 g/mol. The van der Waals surface area contributed by atoms with Crippen LogP contribution in [0, 0.1) is 10.1 Å². The number of nitro groups is 1. The van der Waals surface area contributed by atoms with Crippen LogP contribution in [0.2, 0.25) is 0 Å². The molecule has 1 N–H and O–H groups in total. The van der Waals surface area contributed by atoms with Gasteiger partial charge in [-0.25, -0.2) is 10.2 Å². The highest BCUT2D eigenvalue weighted by molar-refractivity contribution is 6.36. The molecule has 4 rings (SSSR count). The summed E-state index contributed by atoms with van der Waals surface area (Å²) in [5.74, 6) is -0.0251. The second-order valence-corrected chi connectivity index (χ2v) is 7.92. The van der Waals surface area contributed by atoms with E-state index >= 15 is 0 Å². The molecule has 2 heterocycles. The van der Waals surface area contributed by atoms with E-state index in [0.717, 1.165) is 6.07 Å². The summed E-state index contributed by atoms with van der Waals surface area (Å²) in [5.41, 5.74) is 3.27. The molecule has 0 spiro atoms. The van der Waals surface area contributed by atoms with E-state index in [9.17, 15) is 19.7 Å². The Morgan fingerprint density at radius 2 is 2.00 bits per heavy atom. The zero-order valence-electron chi connectivity index (χ0n) is 20.7. The Labute approximate surface area is 216 Å². The molecule has 14 nitrogen and oxygen atoms in total. The number of fused-ring (bicyclic) bond motifs is 1. The largest absolute Gasteiger partial charge is 0.492 e. The fraction of sp³-hybridized carbons (Fsp3) is 0.333. The number of methoxy groups -OCH3 is 2. The molecule has 200 valence electrons. The zero-order valence-corrected chi connectivity index (χ0v) is 20.7. The molecule has 2 aliphatic rings. The highest BCUT2D eigenvalue weighted by Crippen LogP contribution is 2.52. The molecule has 0 unspecified atom stereocenters. The van der Waals surface area contributed by atoms with Crippen LogP contribution in [0.25, 0.3) is 0 Å². The van der Waals surface area contributed by atoms with Gasteiger partial charge in [0.2, 0.25) is 18.3 Å². The predicted molar refractivity (Wildman–Crippen MR) is 131 cm³/mol. The molecule has 0 fully saturated rings. The van der Waals surface area contributed by atoms with Gasteiger partial charge in [-0.3, -0.25) is 14.9 Å². The lowest BCUT2D eigenvalue weighted by atomic mass is 9.96. The number of benzene rings is 2. The molecule has 0 radical (unpaired) electrons. The third-order valence-electron chi connectivity index (χ3n) is 5.63. The van der Waals surface area contributed by atoms with E-state index in [4.69, 9.17) is 28.5 Å². The first kappa shape index (κ1) is 26.2. The maximum absolute atomic E-state index is 12.6. The van der Waals surface area contributed by atoms with Gasteiger partial charge in [0.15, 0.2) is 17.2 Å². The molecule has 0 aliphatic carbocycles. The Kier molecular flexibility index (Phi) is 7.89. The lowest BCUT2D eigenvalue weighted by Gasteiger charge is -2.19. The molecule has 1 amide bonds. The Balaban J connectivity index is 1.63. The van der Waals surface area contributed by atoms with E-state index in [1.165, 1.54) is 38.6 Å². The lowest BCUT2D eigenvalue weighted by molar-refractivity contribution is -0.384. The molecule has 1 atom stereocenters. The van der Waals surface area contributed by atoms with Crippen molar-refractivity contribution in [1.29, 1.82) is 0 Å². The minimum atomic E-state index is -0.660. The first-order chi connectivity index (χ1) is 18.4. The van der Waals surface area contributed by atoms with E-state index in [1.807, 2.05) is 0 Å². The maximum atomic E-state index is 12.6. The number of oxime groups is 1. The second kappa shape index (κ2) is 11.5. The number of hydrazone groups is 1. The standard InChI is InChI=1S/C24H24N4O10/c1-4-35-24(30)18-10-15(38-27-18)9-16-17(20-22(37-12-36-20)21(34-3)19(16)33-2)11-25-26-23(29)13-6-5-7-14(8-13)28(31)32/h5-8,11,15H,4,9-10,12H2,1-3H3,(H,26,29)/b25-11+/t15-/m1/s1. The fourth-order valence-corrected chi connectivity index (χ4v) is 3.97. The summed E-state index contributed by atoms with van der Waals surface area (Å²) in [4.78, 5) is 40.5. The molecule has 38 heavy (non-hydrogen) atoms. The normalized spacial score (nSPS) is 15.6. The Bertz CT molecular complexity index is 1320. The minimum absolute atomic E-state index is 0.0525. The van der Waals surface area contributed by atoms with Crippen molar-refractivity contribution in [2.75, 3.05) is 27.6 Å². The van der Waals surface area contributed by atoms with Gasteiger partial charge >= 0.3 is 5.97 Å². The van der Waals surface area contributed by atoms with Gasteiger partial charge in [-0.1, -0.05) is 11.2 Å². The van der Waals surface area contributed by atoms with Crippen LogP contribution < -0.4 is 24.4 Å². The smallest absolute Gasteiger partial charge is 0.356 e. The summed E-state index contributed by atoms with van der Waals surface area (Å²) in [6.45, 7) is 1.81. The Hall–Kier alpha value is -4.88. The lowest BCUT2D eigenvalue weighted by Crippen LogP contribution is -2.20. The van der Waals surface area contributed by atoms with Gasteiger partial charge in [0.05, 0.1) is 32.0 Å². The van der Waals surface area contributed by atoms with E-state index in [0.29, 0.717) is 22.6 Å². The SMILES string of the molecule is CCOC(=O)C1=NO[C@H](Cc2c(/C=N/NC(=O)c3cccc([N+](=O)[O-])c3)c3c(c(OC)c2OC)OCO3)C1. The van der Waals surface area contributed by atoms with E-state index in [1.54, 1.807) is 6.92 Å². The van der Waals surface area contributed by atoms with Crippen LogP contribution in [-0.2, 0) is 20.8 Å². The third-order valence-corrected chi connectivity index (χ3v) is 5.63. The average Bonchev–Trinajstić information content (AvgIpc) is 3.59. The number of carbonyl (C=O) groups is 2. The topological polar surface area (TPSA) is 169 Å². The number of non-ortho nitro benzene ring substituents is 1. The summed E-state index contributed by atoms with van der Waals surface area (Å²) in [6.07, 6.45) is 1.18. The molecular formula is C24H24N4O10. The second-order valence-electron chi connectivity index (χ2n) is 7.92. The predicted octanol–water partition coefficient (Wildman–Crippen LogP) is 2.36. The van der Waals surface area contributed by atoms with Crippen LogP contribution in [0.15, 0.2) is 34.5 Å². The van der Waals surface area contributed by atoms with Crippen LogP contribution >= 0.6 is 0 Å². The van der Waals surface area contributed by atoms with E-state index in [2.05, 4.69) is 15.7 Å². The van der Waals surface area contributed by atoms with Crippen molar-refractivity contribution in [2.24, 2.45) is 10.3 Å². The number of hydrogen-bond donors (Lipinski definition) is 1. The molecule has 14 heteroatoms. The molecule has 0 saturated carbocycles. The van der Waals surface area contributed by atoms with Crippen LogP contribution in [0.3, 0.4) is 0 Å². The van der Waals surface area contributed by atoms with Gasteiger partial charge in [0.25, 0.3) is 11.6 Å². The molecule has 2 aliphatic heterocycles. The van der Waals surface area contributed by atoms with Crippen molar-refractivity contribution < 1.29 is 43.0 Å². The summed E-state index contributed by atoms with van der Waals surface area (Å²) < 4.78 is 27.4. The highest BCUT2D eigenvalue weighted by Gasteiger charge is 2.34. The number of amides is 1. The number of nitrogens with one attached hydrogen (secondary N) is 1. The quantitative estimate of drug-likeness (QED) is 0.209. The molecule has 2 aromatic rings. The summed E-state index contributed by atoms with van der Waals surface area (Å²) >= 11 is 0. The first-order valence-electron chi connectivity index (χ1n) is 11.4. The number of nitro benzene ring substituents is 1. The molecule has 0 aromatic heterocycles. The van der Waals surface area contributed by atoms with Crippen molar-refractivity contribution in [2.45, 2.75) is 25.9 Å². The highest BCUT2D eigenvalue weighted by atomic mass is 16.7. The Morgan fingerprint density at radius 3 is 2.71 bits per heavy atom. The molecule has 0 saturated heterocycles. The van der Waals surface area contributed by atoms with Gasteiger partial charge in [0, 0.05) is 41.7 Å². The summed E-state index contributed by atoms with van der Waals surface area (Å²) in [5, 5.41) is 18.9. The van der Waals surface area contributed by atoms with E-state index in [-0.39, 0.29) is 54.7 Å². The first-order valence-corrected chi connectivity index (χ1v) is 11.4. The van der Waals surface area contributed by atoms with Crippen molar-refractivity contribution in [1.82, 2.24) is 5.43 Å². The van der Waals surface area contributed by atoms with Crippen LogP contribution in [0.1, 0.15) is 34.8 Å². The number of nitrogens with zero attached hydrogens (tertiary/aromatic N) is 3. The number of esters is 1. The number of hydrogen-bond acceptors (Lipinski definition) is 12. The number of rotatable bonds is 10. The van der Waals surface area contributed by atoms with Gasteiger partial charge in [-0.15, -0.1) is 0 Å². The van der Waals surface area contributed by atoms with E-state index < -0.39 is 22.9 Å². The van der Waals surface area contributed by atoms with Crippen molar-refractivity contribution >= 4 is 29.5 Å². The Morgan fingerprint density at radius 1 is 1.24 bits per heavy atom. The maximum Gasteiger partial charge on any atom is 0.356 e. The fourth-order valence-electron chi connectivity index (χ4n) is 3.97. The van der Waals surface area contributed by atoms with Gasteiger partial charge < -0.3 is 28.5 Å². The van der Waals surface area contributed by atoms with Crippen LogP contribution in [-0.4, -0.2) is 62.4 Å². The van der Waals surface area contributed by atoms with Crippen molar-refractivity contribution in [3.05, 3.63) is 51.1 Å². The molecule has 0 bridgehead atoms. The van der Waals surface area contributed by atoms with Crippen molar-refractivity contribution in [3.8, 4) is 23.0 Å². The minimum Gasteiger partial charge on any atom is -0.492 e. The number of carbonyl (C=O) groups excluding carboxylic acids is 2. The van der Waals surface area contributed by atoms with Gasteiger partial charge in [-0.2, -0.15) is 5.10 Å².